The second-order valence-corrected chi connectivity index (χ2v) is 12.7. The van der Waals surface area contributed by atoms with Gasteiger partial charge in [-0.1, -0.05) is 74.5 Å². The zero-order valence-electron chi connectivity index (χ0n) is 26.3. The summed E-state index contributed by atoms with van der Waals surface area (Å²) in [4.78, 5) is 48.2. The summed E-state index contributed by atoms with van der Waals surface area (Å²) in [5, 5.41) is 6.65. The fourth-order valence-electron chi connectivity index (χ4n) is 7.01. The van der Waals surface area contributed by atoms with Gasteiger partial charge in [0.1, 0.15) is 35.8 Å². The van der Waals surface area contributed by atoms with E-state index in [-0.39, 0.29) is 48.7 Å². The molecule has 0 saturated heterocycles. The summed E-state index contributed by atoms with van der Waals surface area (Å²) >= 11 is 0. The van der Waals surface area contributed by atoms with Gasteiger partial charge < -0.3 is 28.9 Å². The number of rotatable bonds is 7. The predicted octanol–water partition coefficient (Wildman–Crippen LogP) is 5.74. The highest BCUT2D eigenvalue weighted by Crippen LogP contribution is 2.59. The van der Waals surface area contributed by atoms with Crippen LogP contribution >= 0.6 is 0 Å². The fraction of sp³-hybridized carbons (Fsp3) is 0.270. The number of carbonyl (C=O) groups excluding carboxylic acids is 3. The van der Waals surface area contributed by atoms with Gasteiger partial charge in [-0.25, -0.2) is 9.97 Å². The summed E-state index contributed by atoms with van der Waals surface area (Å²) in [6, 6.07) is 22.4. The first-order valence-corrected chi connectivity index (χ1v) is 15.9. The van der Waals surface area contributed by atoms with Crippen LogP contribution in [0, 0.1) is 11.8 Å². The van der Waals surface area contributed by atoms with Crippen molar-refractivity contribution in [3.05, 3.63) is 119 Å². The molecular formula is C37H32N4O7. The van der Waals surface area contributed by atoms with Gasteiger partial charge >= 0.3 is 5.97 Å². The number of hydrogen-bond donors (Lipinski definition) is 2. The van der Waals surface area contributed by atoms with Crippen LogP contribution in [0.15, 0.2) is 87.9 Å². The third-order valence-electron chi connectivity index (χ3n) is 9.33. The molecule has 11 nitrogen and oxygen atoms in total. The summed E-state index contributed by atoms with van der Waals surface area (Å²) in [7, 11) is 0. The third kappa shape index (κ3) is 4.76. The molecule has 242 valence electrons. The Hall–Kier alpha value is -5.71. The minimum absolute atomic E-state index is 0.104. The van der Waals surface area contributed by atoms with Gasteiger partial charge in [0.25, 0.3) is 0 Å². The van der Waals surface area contributed by atoms with Crippen molar-refractivity contribution in [3.8, 4) is 17.3 Å². The number of amides is 1. The second kappa shape index (κ2) is 11.5. The molecule has 0 saturated carbocycles. The maximum Gasteiger partial charge on any atom is 0.306 e. The summed E-state index contributed by atoms with van der Waals surface area (Å²) in [5.41, 5.74) is 3.64. The number of aromatic nitrogens is 2. The topological polar surface area (TPSA) is 146 Å². The SMILES string of the molecule is CC(C)[C@@H]1NC(=O)[C@@H](CC(=O)OCc2ccccc2)Cc2ccc3c(c2)C2(c4ccccc4N[C@H]2O3)c2oc1nc2-c1nc(C=O)co1. The van der Waals surface area contributed by atoms with Crippen LogP contribution in [0.25, 0.3) is 11.6 Å². The molecule has 1 unspecified atom stereocenters. The Morgan fingerprint density at radius 1 is 1.04 bits per heavy atom. The number of nitrogens with one attached hydrogen (secondary N) is 2. The molecule has 3 aliphatic heterocycles. The first kappa shape index (κ1) is 29.7. The quantitative estimate of drug-likeness (QED) is 0.166. The number of hydrogen-bond acceptors (Lipinski definition) is 10. The largest absolute Gasteiger partial charge is 0.469 e. The van der Waals surface area contributed by atoms with Crippen molar-refractivity contribution in [2.24, 2.45) is 11.8 Å². The van der Waals surface area contributed by atoms with Gasteiger partial charge in [0, 0.05) is 11.3 Å². The Labute approximate surface area is 275 Å². The van der Waals surface area contributed by atoms with Crippen LogP contribution in [0.5, 0.6) is 5.75 Å². The molecule has 48 heavy (non-hydrogen) atoms. The van der Waals surface area contributed by atoms with Crippen molar-refractivity contribution in [2.45, 2.75) is 51.0 Å². The molecular weight excluding hydrogens is 612 g/mol. The Morgan fingerprint density at radius 3 is 2.65 bits per heavy atom. The maximum absolute atomic E-state index is 14.1. The van der Waals surface area contributed by atoms with Crippen molar-refractivity contribution in [1.29, 1.82) is 0 Å². The smallest absolute Gasteiger partial charge is 0.306 e. The van der Waals surface area contributed by atoms with Crippen molar-refractivity contribution < 1.29 is 32.7 Å². The molecule has 3 aliphatic rings. The lowest BCUT2D eigenvalue weighted by Gasteiger charge is -2.28. The predicted molar refractivity (Wildman–Crippen MR) is 172 cm³/mol. The summed E-state index contributed by atoms with van der Waals surface area (Å²) in [6.07, 6.45) is 1.42. The molecule has 5 heterocycles. The van der Waals surface area contributed by atoms with Crippen LogP contribution in [0.1, 0.15) is 70.7 Å². The maximum atomic E-state index is 14.1. The van der Waals surface area contributed by atoms with Gasteiger partial charge in [0.05, 0.1) is 12.3 Å². The van der Waals surface area contributed by atoms with Crippen LogP contribution < -0.4 is 15.4 Å². The van der Waals surface area contributed by atoms with Crippen molar-refractivity contribution >= 4 is 23.9 Å². The number of carbonyl (C=O) groups is 3. The molecule has 4 bridgehead atoms. The highest BCUT2D eigenvalue weighted by molar-refractivity contribution is 5.84. The van der Waals surface area contributed by atoms with Crippen LogP contribution in [0.3, 0.4) is 0 Å². The Balaban J connectivity index is 1.28. The summed E-state index contributed by atoms with van der Waals surface area (Å²) in [5.74, 6) is -0.317. The molecule has 0 radical (unpaired) electrons. The van der Waals surface area contributed by atoms with E-state index in [1.807, 2.05) is 86.6 Å². The van der Waals surface area contributed by atoms with E-state index in [0.29, 0.717) is 23.5 Å². The van der Waals surface area contributed by atoms with Gasteiger partial charge in [-0.3, -0.25) is 14.4 Å². The van der Waals surface area contributed by atoms with E-state index in [0.717, 1.165) is 27.9 Å². The minimum atomic E-state index is -1.03. The van der Waals surface area contributed by atoms with Crippen molar-refractivity contribution in [3.63, 3.8) is 0 Å². The van der Waals surface area contributed by atoms with Crippen LogP contribution in [-0.4, -0.2) is 34.4 Å². The van der Waals surface area contributed by atoms with Crippen LogP contribution in [0.4, 0.5) is 5.69 Å². The number of oxazole rings is 2. The van der Waals surface area contributed by atoms with Gasteiger partial charge in [0.15, 0.2) is 24.0 Å². The van der Waals surface area contributed by atoms with Crippen LogP contribution in [0.2, 0.25) is 0 Å². The van der Waals surface area contributed by atoms with Gasteiger partial charge in [-0.05, 0) is 41.2 Å². The highest BCUT2D eigenvalue weighted by atomic mass is 16.5. The number of ether oxygens (including phenoxy) is 2. The lowest BCUT2D eigenvalue weighted by Crippen LogP contribution is -2.40. The first-order chi connectivity index (χ1) is 23.3. The summed E-state index contributed by atoms with van der Waals surface area (Å²) in [6.45, 7) is 4.02. The summed E-state index contributed by atoms with van der Waals surface area (Å²) < 4.78 is 24.7. The van der Waals surface area contributed by atoms with E-state index in [1.54, 1.807) is 0 Å². The normalized spacial score (nSPS) is 22.0. The third-order valence-corrected chi connectivity index (χ3v) is 9.33. The number of benzene rings is 3. The number of nitrogens with zero attached hydrogens (tertiary/aromatic N) is 2. The second-order valence-electron chi connectivity index (χ2n) is 12.7. The molecule has 5 aromatic rings. The molecule has 0 fully saturated rings. The minimum Gasteiger partial charge on any atom is -0.469 e. The molecule has 8 rings (SSSR count). The Morgan fingerprint density at radius 2 is 1.85 bits per heavy atom. The number of aldehydes is 1. The molecule has 0 aliphatic carbocycles. The van der Waals surface area contributed by atoms with E-state index < -0.39 is 29.6 Å². The number of esters is 1. The van der Waals surface area contributed by atoms with Gasteiger partial charge in [-0.15, -0.1) is 0 Å². The number of para-hydroxylation sites is 1. The van der Waals surface area contributed by atoms with Gasteiger partial charge in [-0.2, -0.15) is 0 Å². The average molecular weight is 645 g/mol. The number of fused-ring (bicyclic) bond motifs is 4. The zero-order chi connectivity index (χ0) is 33.0. The van der Waals surface area contributed by atoms with E-state index in [1.165, 1.54) is 6.26 Å². The lowest BCUT2D eigenvalue weighted by molar-refractivity contribution is -0.148. The molecule has 4 atom stereocenters. The molecule has 1 spiro atoms. The monoisotopic (exact) mass is 644 g/mol. The standard InChI is InChI=1S/C37H32N4O7/c1-20(2)30-35-41-31(34-38-24(17-42)19-46-34)32(48-35)37-25-10-6-7-11-27(25)39-36(37)47-28-13-12-22(15-26(28)37)14-23(33(44)40-30)16-29(43)45-18-21-8-4-3-5-9-21/h3-13,15,17,19-20,23,30,36,39H,14,16,18H2,1-2H3,(H,40,44)/t23-,30+,36+,37?/m1/s1. The zero-order valence-corrected chi connectivity index (χ0v) is 26.3. The van der Waals surface area contributed by atoms with Crippen LogP contribution in [-0.2, 0) is 32.8 Å². The number of anilines is 1. The van der Waals surface area contributed by atoms with E-state index >= 15 is 0 Å². The van der Waals surface area contributed by atoms with E-state index in [9.17, 15) is 14.4 Å². The lowest BCUT2D eigenvalue weighted by atomic mass is 9.72. The Bertz CT molecular complexity index is 2050. The van der Waals surface area contributed by atoms with Crippen molar-refractivity contribution in [2.75, 3.05) is 5.32 Å². The molecule has 2 aromatic heterocycles. The molecule has 11 heteroatoms. The Kier molecular flexibility index (Phi) is 7.12. The van der Waals surface area contributed by atoms with E-state index in [2.05, 4.69) is 15.6 Å². The molecule has 3 aromatic carbocycles. The van der Waals surface area contributed by atoms with Crippen molar-refractivity contribution in [1.82, 2.24) is 15.3 Å². The highest BCUT2D eigenvalue weighted by Gasteiger charge is 2.61. The molecule has 2 N–H and O–H groups in total. The van der Waals surface area contributed by atoms with E-state index in [4.69, 9.17) is 23.3 Å². The molecule has 1 amide bonds. The van der Waals surface area contributed by atoms with Gasteiger partial charge in [0.2, 0.25) is 17.7 Å². The first-order valence-electron chi connectivity index (χ1n) is 15.9. The fourth-order valence-corrected chi connectivity index (χ4v) is 7.01. The average Bonchev–Trinajstić information content (AvgIpc) is 3.87.